The van der Waals surface area contributed by atoms with Gasteiger partial charge in [0.15, 0.2) is 0 Å². The van der Waals surface area contributed by atoms with Crippen molar-refractivity contribution in [3.63, 3.8) is 0 Å². The fourth-order valence-electron chi connectivity index (χ4n) is 3.55. The molecule has 2 fully saturated rings. The van der Waals surface area contributed by atoms with Crippen LogP contribution in [0.25, 0.3) is 0 Å². The van der Waals surface area contributed by atoms with Crippen LogP contribution in [0.3, 0.4) is 0 Å². The first-order valence-corrected chi connectivity index (χ1v) is 8.96. The van der Waals surface area contributed by atoms with E-state index in [-0.39, 0.29) is 0 Å². The molecule has 1 aromatic rings. The second-order valence-electron chi connectivity index (χ2n) is 6.78. The lowest BCUT2D eigenvalue weighted by Crippen LogP contribution is -2.40. The highest BCUT2D eigenvalue weighted by atomic mass is 16.2. The molecule has 0 aromatic carbocycles. The van der Waals surface area contributed by atoms with E-state index in [1.54, 1.807) is 0 Å². The number of anilines is 1. The second-order valence-corrected chi connectivity index (χ2v) is 6.78. The molecule has 0 aliphatic carbocycles. The number of aromatic nitrogens is 1. The first kappa shape index (κ1) is 16.2. The van der Waals surface area contributed by atoms with Gasteiger partial charge in [-0.2, -0.15) is 0 Å². The molecule has 0 bridgehead atoms. The summed E-state index contributed by atoms with van der Waals surface area (Å²) < 4.78 is 0. The first-order valence-electron chi connectivity index (χ1n) is 8.96. The number of carbonyl (C=O) groups excluding carboxylic acids is 1. The Morgan fingerprint density at radius 3 is 2.74 bits per heavy atom. The van der Waals surface area contributed by atoms with Crippen molar-refractivity contribution in [3.05, 3.63) is 24.4 Å². The molecule has 0 saturated carbocycles. The van der Waals surface area contributed by atoms with E-state index >= 15 is 0 Å². The van der Waals surface area contributed by atoms with Crippen LogP contribution in [-0.4, -0.2) is 60.0 Å². The third kappa shape index (κ3) is 4.93. The number of amides is 1. The van der Waals surface area contributed by atoms with E-state index in [9.17, 15) is 4.79 Å². The molecule has 0 spiro atoms. The minimum atomic E-state index is 0.324. The highest BCUT2D eigenvalue weighted by Crippen LogP contribution is 2.17. The molecule has 2 aliphatic rings. The first-order chi connectivity index (χ1) is 11.3. The van der Waals surface area contributed by atoms with E-state index < -0.39 is 0 Å². The summed E-state index contributed by atoms with van der Waals surface area (Å²) >= 11 is 0. The van der Waals surface area contributed by atoms with Crippen molar-refractivity contribution in [2.45, 2.75) is 32.1 Å². The number of nitrogens with one attached hydrogen (secondary N) is 1. The number of likely N-dealkylation sites (tertiary alicyclic amines) is 2. The predicted molar refractivity (Wildman–Crippen MR) is 92.3 cm³/mol. The highest BCUT2D eigenvalue weighted by molar-refractivity contribution is 5.78. The zero-order valence-electron chi connectivity index (χ0n) is 13.9. The summed E-state index contributed by atoms with van der Waals surface area (Å²) in [6.07, 6.45) is 7.85. The van der Waals surface area contributed by atoms with Gasteiger partial charge >= 0.3 is 0 Å². The van der Waals surface area contributed by atoms with E-state index in [2.05, 4.69) is 20.1 Å². The van der Waals surface area contributed by atoms with E-state index in [0.717, 1.165) is 45.0 Å². The summed E-state index contributed by atoms with van der Waals surface area (Å²) in [5, 5.41) is 3.40. The molecule has 0 unspecified atom stereocenters. The zero-order chi connectivity index (χ0) is 15.9. The molecule has 2 saturated heterocycles. The molecule has 1 aromatic heterocycles. The van der Waals surface area contributed by atoms with Crippen molar-refractivity contribution >= 4 is 11.7 Å². The van der Waals surface area contributed by atoms with Crippen LogP contribution in [0.1, 0.15) is 32.1 Å². The molecule has 3 rings (SSSR count). The SMILES string of the molecule is O=C(CN1CC[C@@H](CNc2ccccn2)C1)N1CCCCCC1. The van der Waals surface area contributed by atoms with Gasteiger partial charge in [0.05, 0.1) is 6.54 Å². The van der Waals surface area contributed by atoms with Gasteiger partial charge in [0.2, 0.25) is 5.91 Å². The number of pyridine rings is 1. The summed E-state index contributed by atoms with van der Waals surface area (Å²) in [6, 6.07) is 5.92. The molecule has 1 amide bonds. The quantitative estimate of drug-likeness (QED) is 0.905. The van der Waals surface area contributed by atoms with E-state index in [4.69, 9.17) is 0 Å². The minimum Gasteiger partial charge on any atom is -0.370 e. The Labute approximate surface area is 139 Å². The summed E-state index contributed by atoms with van der Waals surface area (Å²) in [4.78, 5) is 21.1. The molecule has 0 radical (unpaired) electrons. The van der Waals surface area contributed by atoms with E-state index in [1.807, 2.05) is 24.4 Å². The van der Waals surface area contributed by atoms with Crippen LogP contribution >= 0.6 is 0 Å². The van der Waals surface area contributed by atoms with Gasteiger partial charge in [-0.05, 0) is 43.9 Å². The van der Waals surface area contributed by atoms with Crippen molar-refractivity contribution in [1.82, 2.24) is 14.8 Å². The van der Waals surface area contributed by atoms with Gasteiger partial charge in [-0.1, -0.05) is 18.9 Å². The summed E-state index contributed by atoms with van der Waals surface area (Å²) in [5.74, 6) is 1.87. The lowest BCUT2D eigenvalue weighted by atomic mass is 10.1. The Kier molecular flexibility index (Phi) is 5.86. The standard InChI is InChI=1S/C18H28N4O/c23-18(22-10-5-1-2-6-11-22)15-21-12-8-16(14-21)13-20-17-7-3-4-9-19-17/h3-4,7,9,16H,1-2,5-6,8,10-15H2,(H,19,20)/t16-/m0/s1. The number of rotatable bonds is 5. The van der Waals surface area contributed by atoms with E-state index in [0.29, 0.717) is 18.4 Å². The second kappa shape index (κ2) is 8.29. The average molecular weight is 316 g/mol. The normalized spacial score (nSPS) is 22.8. The maximum absolute atomic E-state index is 12.5. The summed E-state index contributed by atoms with van der Waals surface area (Å²) in [7, 11) is 0. The number of carbonyl (C=O) groups is 1. The molecular formula is C18H28N4O. The largest absolute Gasteiger partial charge is 0.370 e. The van der Waals surface area contributed by atoms with E-state index in [1.165, 1.54) is 25.7 Å². The topological polar surface area (TPSA) is 48.5 Å². The summed E-state index contributed by atoms with van der Waals surface area (Å²) in [6.45, 7) is 5.49. The monoisotopic (exact) mass is 316 g/mol. The third-order valence-corrected chi connectivity index (χ3v) is 4.92. The smallest absolute Gasteiger partial charge is 0.236 e. The van der Waals surface area contributed by atoms with Crippen molar-refractivity contribution in [3.8, 4) is 0 Å². The molecule has 1 atom stereocenters. The van der Waals surface area contributed by atoms with Crippen molar-refractivity contribution in [2.24, 2.45) is 5.92 Å². The molecule has 5 nitrogen and oxygen atoms in total. The number of hydrogen-bond acceptors (Lipinski definition) is 4. The van der Waals surface area contributed by atoms with Gasteiger partial charge in [0, 0.05) is 32.4 Å². The minimum absolute atomic E-state index is 0.324. The van der Waals surface area contributed by atoms with Gasteiger partial charge in [0.1, 0.15) is 5.82 Å². The maximum atomic E-state index is 12.5. The molecular weight excluding hydrogens is 288 g/mol. The van der Waals surface area contributed by atoms with Gasteiger partial charge in [0.25, 0.3) is 0 Å². The van der Waals surface area contributed by atoms with Gasteiger partial charge in [-0.25, -0.2) is 4.98 Å². The van der Waals surface area contributed by atoms with Gasteiger partial charge in [-0.15, -0.1) is 0 Å². The third-order valence-electron chi connectivity index (χ3n) is 4.92. The lowest BCUT2D eigenvalue weighted by molar-refractivity contribution is -0.132. The summed E-state index contributed by atoms with van der Waals surface area (Å²) in [5.41, 5.74) is 0. The Bertz CT molecular complexity index is 485. The Morgan fingerprint density at radius 2 is 2.00 bits per heavy atom. The van der Waals surface area contributed by atoms with Crippen LogP contribution in [-0.2, 0) is 4.79 Å². The predicted octanol–water partition coefficient (Wildman–Crippen LogP) is 2.22. The van der Waals surface area contributed by atoms with Crippen LogP contribution in [0.5, 0.6) is 0 Å². The fraction of sp³-hybridized carbons (Fsp3) is 0.667. The number of hydrogen-bond donors (Lipinski definition) is 1. The maximum Gasteiger partial charge on any atom is 0.236 e. The van der Waals surface area contributed by atoms with Crippen LogP contribution in [0.15, 0.2) is 24.4 Å². The van der Waals surface area contributed by atoms with Crippen LogP contribution < -0.4 is 5.32 Å². The van der Waals surface area contributed by atoms with Crippen molar-refractivity contribution < 1.29 is 4.79 Å². The molecule has 5 heteroatoms. The molecule has 126 valence electrons. The Morgan fingerprint density at radius 1 is 1.17 bits per heavy atom. The Hall–Kier alpha value is -1.62. The lowest BCUT2D eigenvalue weighted by Gasteiger charge is -2.24. The fourth-order valence-corrected chi connectivity index (χ4v) is 3.55. The zero-order valence-corrected chi connectivity index (χ0v) is 13.9. The van der Waals surface area contributed by atoms with Gasteiger partial charge in [-0.3, -0.25) is 9.69 Å². The van der Waals surface area contributed by atoms with Crippen LogP contribution in [0.4, 0.5) is 5.82 Å². The Balaban J connectivity index is 1.40. The van der Waals surface area contributed by atoms with Crippen LogP contribution in [0, 0.1) is 5.92 Å². The molecule has 1 N–H and O–H groups in total. The van der Waals surface area contributed by atoms with Crippen molar-refractivity contribution in [1.29, 1.82) is 0 Å². The van der Waals surface area contributed by atoms with Gasteiger partial charge < -0.3 is 10.2 Å². The molecule has 2 aliphatic heterocycles. The van der Waals surface area contributed by atoms with Crippen molar-refractivity contribution in [2.75, 3.05) is 44.6 Å². The van der Waals surface area contributed by atoms with Crippen LogP contribution in [0.2, 0.25) is 0 Å². The number of nitrogens with zero attached hydrogens (tertiary/aromatic N) is 3. The highest BCUT2D eigenvalue weighted by Gasteiger charge is 2.25. The molecule has 23 heavy (non-hydrogen) atoms. The molecule has 3 heterocycles. The average Bonchev–Trinajstić information content (AvgIpc) is 2.84.